The molecule has 2 N–H and O–H groups in total. The van der Waals surface area contributed by atoms with Gasteiger partial charge in [-0.25, -0.2) is 0 Å². The average Bonchev–Trinajstić information content (AvgIpc) is 2.70. The van der Waals surface area contributed by atoms with Crippen LogP contribution in [0.25, 0.3) is 0 Å². The molecule has 0 aliphatic rings. The van der Waals surface area contributed by atoms with E-state index in [1.165, 1.54) is 16.7 Å². The van der Waals surface area contributed by atoms with Crippen LogP contribution >= 0.6 is 24.0 Å². The molecule has 0 saturated heterocycles. The molecule has 0 spiro atoms. The standard InChI is InChI=1S/C26H31N.HI/c1-2-12-25(19-22-13-6-3-7-14-22)26(27,20-23-15-8-4-9-16-23)21-24-17-10-5-11-18-24;/h3-11,13-18,25H,2,12,19-21,27H2,1H3;1H. The van der Waals surface area contributed by atoms with Crippen LogP contribution in [0.1, 0.15) is 36.5 Å². The van der Waals surface area contributed by atoms with Gasteiger partial charge >= 0.3 is 0 Å². The first kappa shape index (κ1) is 22.6. The van der Waals surface area contributed by atoms with Crippen LogP contribution in [-0.4, -0.2) is 5.54 Å². The molecule has 0 heterocycles. The van der Waals surface area contributed by atoms with E-state index < -0.39 is 0 Å². The lowest BCUT2D eigenvalue weighted by Gasteiger charge is -2.39. The molecule has 1 unspecified atom stereocenters. The maximum absolute atomic E-state index is 7.24. The van der Waals surface area contributed by atoms with E-state index in [-0.39, 0.29) is 29.5 Å². The summed E-state index contributed by atoms with van der Waals surface area (Å²) in [4.78, 5) is 0. The molecule has 0 bridgehead atoms. The number of nitrogens with two attached hydrogens (primary N) is 1. The molecule has 1 atom stereocenters. The molecule has 0 radical (unpaired) electrons. The lowest BCUT2D eigenvalue weighted by atomic mass is 9.71. The van der Waals surface area contributed by atoms with Crippen LogP contribution in [0.2, 0.25) is 0 Å². The van der Waals surface area contributed by atoms with Crippen LogP contribution in [0, 0.1) is 5.92 Å². The zero-order valence-electron chi connectivity index (χ0n) is 16.8. The minimum absolute atomic E-state index is 0. The van der Waals surface area contributed by atoms with Gasteiger partial charge in [-0.05, 0) is 48.3 Å². The SMILES string of the molecule is CCCC(Cc1ccccc1)C(N)(Cc1ccccc1)Cc1ccccc1.I. The molecule has 148 valence electrons. The second-order valence-electron chi connectivity index (χ2n) is 7.73. The quantitative estimate of drug-likeness (QED) is 0.347. The van der Waals surface area contributed by atoms with Crippen molar-refractivity contribution in [3.63, 3.8) is 0 Å². The fourth-order valence-electron chi connectivity index (χ4n) is 4.14. The predicted octanol–water partition coefficient (Wildman–Crippen LogP) is 6.45. The first-order valence-electron chi connectivity index (χ1n) is 10.1. The van der Waals surface area contributed by atoms with E-state index in [1.807, 2.05) is 0 Å². The summed E-state index contributed by atoms with van der Waals surface area (Å²) < 4.78 is 0. The summed E-state index contributed by atoms with van der Waals surface area (Å²) in [7, 11) is 0. The summed E-state index contributed by atoms with van der Waals surface area (Å²) in [5.41, 5.74) is 11.0. The third-order valence-corrected chi connectivity index (χ3v) is 5.53. The molecule has 0 aliphatic heterocycles. The van der Waals surface area contributed by atoms with Gasteiger partial charge in [-0.2, -0.15) is 0 Å². The Labute approximate surface area is 187 Å². The van der Waals surface area contributed by atoms with Crippen molar-refractivity contribution in [3.8, 4) is 0 Å². The number of benzene rings is 3. The fraction of sp³-hybridized carbons (Fsp3) is 0.308. The Hall–Kier alpha value is -1.65. The van der Waals surface area contributed by atoms with Crippen LogP contribution in [0.15, 0.2) is 91.0 Å². The zero-order chi connectivity index (χ0) is 19.0. The van der Waals surface area contributed by atoms with E-state index in [1.54, 1.807) is 0 Å². The lowest BCUT2D eigenvalue weighted by Crippen LogP contribution is -2.52. The van der Waals surface area contributed by atoms with Gasteiger partial charge in [0.25, 0.3) is 0 Å². The van der Waals surface area contributed by atoms with Crippen molar-refractivity contribution in [1.82, 2.24) is 0 Å². The summed E-state index contributed by atoms with van der Waals surface area (Å²) in [6, 6.07) is 32.2. The van der Waals surface area contributed by atoms with Gasteiger partial charge in [0, 0.05) is 5.54 Å². The highest BCUT2D eigenvalue weighted by Gasteiger charge is 2.34. The highest BCUT2D eigenvalue weighted by Crippen LogP contribution is 2.31. The zero-order valence-corrected chi connectivity index (χ0v) is 19.1. The fourth-order valence-corrected chi connectivity index (χ4v) is 4.14. The summed E-state index contributed by atoms with van der Waals surface area (Å²) in [5, 5.41) is 0. The maximum Gasteiger partial charge on any atom is 0.0267 e. The molecule has 0 aliphatic carbocycles. The van der Waals surface area contributed by atoms with Gasteiger partial charge in [-0.15, -0.1) is 24.0 Å². The van der Waals surface area contributed by atoms with Crippen molar-refractivity contribution in [2.24, 2.45) is 11.7 Å². The highest BCUT2D eigenvalue weighted by atomic mass is 127. The average molecular weight is 485 g/mol. The molecule has 2 heteroatoms. The molecular formula is C26H32IN. The van der Waals surface area contributed by atoms with Gasteiger partial charge in [-0.3, -0.25) is 0 Å². The summed E-state index contributed by atoms with van der Waals surface area (Å²) in [6.07, 6.45) is 5.14. The second-order valence-corrected chi connectivity index (χ2v) is 7.73. The van der Waals surface area contributed by atoms with Crippen molar-refractivity contribution >= 4 is 24.0 Å². The Morgan fingerprint density at radius 2 is 1.07 bits per heavy atom. The molecule has 0 aromatic heterocycles. The first-order chi connectivity index (χ1) is 13.2. The minimum Gasteiger partial charge on any atom is -0.324 e. The van der Waals surface area contributed by atoms with Gasteiger partial charge in [0.1, 0.15) is 0 Å². The van der Waals surface area contributed by atoms with Crippen molar-refractivity contribution in [2.75, 3.05) is 0 Å². The monoisotopic (exact) mass is 485 g/mol. The summed E-state index contributed by atoms with van der Waals surface area (Å²) in [6.45, 7) is 2.27. The van der Waals surface area contributed by atoms with Crippen molar-refractivity contribution < 1.29 is 0 Å². The number of rotatable bonds is 9. The van der Waals surface area contributed by atoms with Gasteiger partial charge < -0.3 is 5.73 Å². The van der Waals surface area contributed by atoms with Gasteiger partial charge in [0.15, 0.2) is 0 Å². The summed E-state index contributed by atoms with van der Waals surface area (Å²) in [5.74, 6) is 0.435. The Kier molecular flexibility index (Phi) is 9.20. The molecule has 0 amide bonds. The van der Waals surface area contributed by atoms with Crippen LogP contribution in [0.3, 0.4) is 0 Å². The van der Waals surface area contributed by atoms with Crippen molar-refractivity contribution in [1.29, 1.82) is 0 Å². The predicted molar refractivity (Wildman–Crippen MR) is 131 cm³/mol. The van der Waals surface area contributed by atoms with Gasteiger partial charge in [0.05, 0.1) is 0 Å². The molecule has 28 heavy (non-hydrogen) atoms. The summed E-state index contributed by atoms with van der Waals surface area (Å²) >= 11 is 0. The number of hydrogen-bond acceptors (Lipinski definition) is 1. The topological polar surface area (TPSA) is 26.0 Å². The second kappa shape index (κ2) is 11.4. The number of halogens is 1. The first-order valence-corrected chi connectivity index (χ1v) is 10.1. The van der Waals surface area contributed by atoms with Crippen LogP contribution in [0.4, 0.5) is 0 Å². The third-order valence-electron chi connectivity index (χ3n) is 5.53. The highest BCUT2D eigenvalue weighted by molar-refractivity contribution is 14.0. The maximum atomic E-state index is 7.24. The van der Waals surface area contributed by atoms with E-state index in [0.717, 1.165) is 32.1 Å². The molecule has 3 aromatic rings. The molecule has 1 nitrogen and oxygen atoms in total. The van der Waals surface area contributed by atoms with Crippen LogP contribution in [-0.2, 0) is 19.3 Å². The van der Waals surface area contributed by atoms with E-state index in [2.05, 4.69) is 97.9 Å². The molecule has 0 fully saturated rings. The van der Waals surface area contributed by atoms with Crippen molar-refractivity contribution in [3.05, 3.63) is 108 Å². The molecular weight excluding hydrogens is 453 g/mol. The van der Waals surface area contributed by atoms with E-state index in [0.29, 0.717) is 5.92 Å². The molecule has 3 aromatic carbocycles. The van der Waals surface area contributed by atoms with E-state index >= 15 is 0 Å². The lowest BCUT2D eigenvalue weighted by molar-refractivity contribution is 0.245. The van der Waals surface area contributed by atoms with Crippen LogP contribution in [0.5, 0.6) is 0 Å². The number of hydrogen-bond donors (Lipinski definition) is 1. The molecule has 3 rings (SSSR count). The minimum atomic E-state index is -0.269. The Bertz CT molecular complexity index is 745. The van der Waals surface area contributed by atoms with Crippen molar-refractivity contribution in [2.45, 2.75) is 44.6 Å². The largest absolute Gasteiger partial charge is 0.324 e. The smallest absolute Gasteiger partial charge is 0.0267 e. The van der Waals surface area contributed by atoms with Gasteiger partial charge in [-0.1, -0.05) is 104 Å². The van der Waals surface area contributed by atoms with E-state index in [4.69, 9.17) is 5.73 Å². The van der Waals surface area contributed by atoms with Crippen LogP contribution < -0.4 is 5.73 Å². The Balaban J connectivity index is 0.00000280. The van der Waals surface area contributed by atoms with E-state index in [9.17, 15) is 0 Å². The van der Waals surface area contributed by atoms with Gasteiger partial charge in [0.2, 0.25) is 0 Å². The Morgan fingerprint density at radius 1 is 0.679 bits per heavy atom. The third kappa shape index (κ3) is 6.46. The normalized spacial score (nSPS) is 12.2. The Morgan fingerprint density at radius 3 is 1.46 bits per heavy atom. The molecule has 0 saturated carbocycles.